The lowest BCUT2D eigenvalue weighted by Gasteiger charge is -2.11. The highest BCUT2D eigenvalue weighted by Crippen LogP contribution is 2.39. The summed E-state index contributed by atoms with van der Waals surface area (Å²) < 4.78 is 2.43. The molecule has 1 atom stereocenters. The van der Waals surface area contributed by atoms with Gasteiger partial charge in [-0.1, -0.05) is 19.1 Å². The molecule has 0 amide bonds. The summed E-state index contributed by atoms with van der Waals surface area (Å²) in [6.45, 7) is 2.92. The number of hydrogen-bond donors (Lipinski definition) is 1. The van der Waals surface area contributed by atoms with Crippen LogP contribution in [-0.4, -0.2) is 16.1 Å². The summed E-state index contributed by atoms with van der Waals surface area (Å²) in [4.78, 5) is 4.77. The molecule has 1 heterocycles. The molecule has 0 bridgehead atoms. The summed E-state index contributed by atoms with van der Waals surface area (Å²) in [5.74, 6) is 1.72. The van der Waals surface area contributed by atoms with Crippen molar-refractivity contribution in [1.29, 1.82) is 0 Å². The van der Waals surface area contributed by atoms with Crippen molar-refractivity contribution in [1.82, 2.24) is 9.55 Å². The Balaban J connectivity index is 2.06. The van der Waals surface area contributed by atoms with Crippen LogP contribution in [0.3, 0.4) is 0 Å². The zero-order valence-corrected chi connectivity index (χ0v) is 10.3. The largest absolute Gasteiger partial charge is 0.330 e. The van der Waals surface area contributed by atoms with Crippen molar-refractivity contribution >= 4 is 11.0 Å². The highest BCUT2D eigenvalue weighted by atomic mass is 15.1. The molecule has 17 heavy (non-hydrogen) atoms. The zero-order chi connectivity index (χ0) is 11.8. The van der Waals surface area contributed by atoms with Crippen LogP contribution in [0.25, 0.3) is 11.0 Å². The lowest BCUT2D eigenvalue weighted by molar-refractivity contribution is 0.550. The van der Waals surface area contributed by atoms with E-state index in [0.717, 1.165) is 18.5 Å². The number of rotatable bonds is 4. The zero-order valence-electron chi connectivity index (χ0n) is 10.3. The summed E-state index contributed by atoms with van der Waals surface area (Å²) in [5, 5.41) is 0. The fourth-order valence-corrected chi connectivity index (χ4v) is 2.37. The van der Waals surface area contributed by atoms with Gasteiger partial charge in [0, 0.05) is 12.5 Å². The van der Waals surface area contributed by atoms with Gasteiger partial charge < -0.3 is 10.3 Å². The van der Waals surface area contributed by atoms with Crippen LogP contribution in [0.5, 0.6) is 0 Å². The first-order chi connectivity index (χ1) is 8.29. The molecule has 0 spiro atoms. The Morgan fingerprint density at radius 3 is 2.88 bits per heavy atom. The fourth-order valence-electron chi connectivity index (χ4n) is 2.37. The van der Waals surface area contributed by atoms with E-state index in [1.807, 2.05) is 0 Å². The third kappa shape index (κ3) is 1.95. The normalized spacial score (nSPS) is 17.5. The molecule has 1 unspecified atom stereocenters. The van der Waals surface area contributed by atoms with Gasteiger partial charge in [-0.05, 0) is 37.4 Å². The first-order valence-corrected chi connectivity index (χ1v) is 6.45. The molecule has 1 aromatic carbocycles. The van der Waals surface area contributed by atoms with Crippen molar-refractivity contribution in [3.05, 3.63) is 30.1 Å². The van der Waals surface area contributed by atoms with Crippen LogP contribution in [0.15, 0.2) is 24.3 Å². The van der Waals surface area contributed by atoms with Crippen LogP contribution in [0.2, 0.25) is 0 Å². The number of hydrogen-bond acceptors (Lipinski definition) is 2. The van der Waals surface area contributed by atoms with Crippen LogP contribution in [0.4, 0.5) is 0 Å². The van der Waals surface area contributed by atoms with Gasteiger partial charge in [0.1, 0.15) is 5.82 Å². The van der Waals surface area contributed by atoms with Crippen LogP contribution in [-0.2, 0) is 6.42 Å². The maximum atomic E-state index is 5.72. The molecule has 0 aliphatic heterocycles. The first-order valence-electron chi connectivity index (χ1n) is 6.45. The molecule has 1 aliphatic carbocycles. The third-order valence-electron chi connectivity index (χ3n) is 3.51. The van der Waals surface area contributed by atoms with Gasteiger partial charge in [-0.3, -0.25) is 0 Å². The molecular formula is C14H19N3. The predicted molar refractivity (Wildman–Crippen MR) is 69.9 cm³/mol. The molecule has 3 nitrogen and oxygen atoms in total. The van der Waals surface area contributed by atoms with Gasteiger partial charge in [0.2, 0.25) is 0 Å². The lowest BCUT2D eigenvalue weighted by Crippen LogP contribution is -2.15. The van der Waals surface area contributed by atoms with Crippen LogP contribution in [0.1, 0.15) is 31.6 Å². The molecule has 2 N–H and O–H groups in total. The Morgan fingerprint density at radius 1 is 1.41 bits per heavy atom. The fraction of sp³-hybridized carbons (Fsp3) is 0.500. The van der Waals surface area contributed by atoms with E-state index >= 15 is 0 Å². The second-order valence-electron chi connectivity index (χ2n) is 5.16. The van der Waals surface area contributed by atoms with Gasteiger partial charge in [-0.2, -0.15) is 0 Å². The summed E-state index contributed by atoms with van der Waals surface area (Å²) in [6.07, 6.45) is 3.58. The Morgan fingerprint density at radius 2 is 2.18 bits per heavy atom. The Bertz CT molecular complexity index is 525. The van der Waals surface area contributed by atoms with Crippen molar-refractivity contribution in [2.24, 2.45) is 11.7 Å². The van der Waals surface area contributed by atoms with Gasteiger partial charge in [-0.15, -0.1) is 0 Å². The monoisotopic (exact) mass is 229 g/mol. The molecule has 90 valence electrons. The molecule has 0 radical (unpaired) electrons. The SMILES string of the molecule is CC(CN)Cc1nc2ccccc2n1C1CC1. The Hall–Kier alpha value is -1.35. The average molecular weight is 229 g/mol. The Labute approximate surface area is 102 Å². The highest BCUT2D eigenvalue weighted by Gasteiger charge is 2.28. The molecule has 0 saturated heterocycles. The summed E-state index contributed by atoms with van der Waals surface area (Å²) in [5.41, 5.74) is 8.13. The minimum absolute atomic E-state index is 0.504. The van der Waals surface area contributed by atoms with Gasteiger partial charge >= 0.3 is 0 Å². The van der Waals surface area contributed by atoms with Crippen molar-refractivity contribution in [2.45, 2.75) is 32.2 Å². The number of imidazole rings is 1. The van der Waals surface area contributed by atoms with E-state index in [-0.39, 0.29) is 0 Å². The summed E-state index contributed by atoms with van der Waals surface area (Å²) in [7, 11) is 0. The maximum absolute atomic E-state index is 5.72. The van der Waals surface area contributed by atoms with E-state index in [4.69, 9.17) is 10.7 Å². The average Bonchev–Trinajstić information content (AvgIpc) is 3.11. The van der Waals surface area contributed by atoms with Crippen molar-refractivity contribution in [3.63, 3.8) is 0 Å². The molecule has 1 aromatic heterocycles. The second kappa shape index (κ2) is 4.15. The smallest absolute Gasteiger partial charge is 0.110 e. The first kappa shape index (κ1) is 10.8. The topological polar surface area (TPSA) is 43.8 Å². The number of nitrogens with two attached hydrogens (primary N) is 1. The van der Waals surface area contributed by atoms with Crippen LogP contribution >= 0.6 is 0 Å². The van der Waals surface area contributed by atoms with E-state index in [1.165, 1.54) is 24.2 Å². The minimum Gasteiger partial charge on any atom is -0.330 e. The van der Waals surface area contributed by atoms with Gasteiger partial charge in [0.15, 0.2) is 0 Å². The van der Waals surface area contributed by atoms with Crippen molar-refractivity contribution in [2.75, 3.05) is 6.54 Å². The van der Waals surface area contributed by atoms with Crippen LogP contribution in [0, 0.1) is 5.92 Å². The van der Waals surface area contributed by atoms with Gasteiger partial charge in [-0.25, -0.2) is 4.98 Å². The predicted octanol–water partition coefficient (Wildman–Crippen LogP) is 2.51. The molecule has 3 rings (SSSR count). The van der Waals surface area contributed by atoms with Crippen LogP contribution < -0.4 is 5.73 Å². The van der Waals surface area contributed by atoms with E-state index in [1.54, 1.807) is 0 Å². The lowest BCUT2D eigenvalue weighted by atomic mass is 10.1. The third-order valence-corrected chi connectivity index (χ3v) is 3.51. The van der Waals surface area contributed by atoms with E-state index in [9.17, 15) is 0 Å². The minimum atomic E-state index is 0.504. The Kier molecular flexibility index (Phi) is 2.63. The molecular weight excluding hydrogens is 210 g/mol. The van der Waals surface area contributed by atoms with Gasteiger partial charge in [0.05, 0.1) is 11.0 Å². The molecule has 1 saturated carbocycles. The van der Waals surface area contributed by atoms with E-state index in [2.05, 4.69) is 35.8 Å². The molecule has 1 fully saturated rings. The summed E-state index contributed by atoms with van der Waals surface area (Å²) in [6, 6.07) is 9.12. The van der Waals surface area contributed by atoms with Gasteiger partial charge in [0.25, 0.3) is 0 Å². The maximum Gasteiger partial charge on any atom is 0.110 e. The summed E-state index contributed by atoms with van der Waals surface area (Å²) >= 11 is 0. The second-order valence-corrected chi connectivity index (χ2v) is 5.16. The quantitative estimate of drug-likeness (QED) is 0.875. The molecule has 2 aromatic rings. The van der Waals surface area contributed by atoms with Crippen molar-refractivity contribution in [3.8, 4) is 0 Å². The number of aromatic nitrogens is 2. The molecule has 3 heteroatoms. The number of para-hydroxylation sites is 2. The highest BCUT2D eigenvalue weighted by molar-refractivity contribution is 5.76. The number of nitrogens with zero attached hydrogens (tertiary/aromatic N) is 2. The number of benzene rings is 1. The standard InChI is InChI=1S/C14H19N3/c1-10(9-15)8-14-16-12-4-2-3-5-13(12)17(14)11-6-7-11/h2-5,10-11H,6-9,15H2,1H3. The van der Waals surface area contributed by atoms with E-state index < -0.39 is 0 Å². The van der Waals surface area contributed by atoms with Crippen molar-refractivity contribution < 1.29 is 0 Å². The molecule has 1 aliphatic rings. The number of fused-ring (bicyclic) bond motifs is 1. The van der Waals surface area contributed by atoms with E-state index in [0.29, 0.717) is 12.0 Å².